The van der Waals surface area contributed by atoms with Crippen molar-refractivity contribution in [2.75, 3.05) is 37.4 Å². The van der Waals surface area contributed by atoms with Gasteiger partial charge in [0.05, 0.1) is 5.69 Å². The summed E-state index contributed by atoms with van der Waals surface area (Å²) in [5.74, 6) is 0. The topological polar surface area (TPSA) is 31.4 Å². The summed E-state index contributed by atoms with van der Waals surface area (Å²) in [6, 6.07) is 21.4. The van der Waals surface area contributed by atoms with E-state index in [9.17, 15) is 0 Å². The van der Waals surface area contributed by atoms with Gasteiger partial charge in [-0.05, 0) is 23.8 Å². The third-order valence-electron chi connectivity index (χ3n) is 5.05. The van der Waals surface area contributed by atoms with Gasteiger partial charge in [0.25, 0.3) is 0 Å². The number of fused-ring (bicyclic) bond motifs is 1. The molecule has 0 radical (unpaired) electrons. The Hall–Kier alpha value is -2.85. The molecule has 0 unspecified atom stereocenters. The Morgan fingerprint density at radius 1 is 1.04 bits per heavy atom. The van der Waals surface area contributed by atoms with Crippen LogP contribution in [0.5, 0.6) is 0 Å². The number of hydrogen-bond acceptors (Lipinski definition) is 4. The number of nitrogens with one attached hydrogen (secondary N) is 1. The van der Waals surface area contributed by atoms with Crippen LogP contribution in [0.15, 0.2) is 66.9 Å². The van der Waals surface area contributed by atoms with E-state index in [0.717, 1.165) is 37.4 Å². The van der Waals surface area contributed by atoms with E-state index in [1.807, 2.05) is 12.3 Å². The van der Waals surface area contributed by atoms with Crippen molar-refractivity contribution in [2.24, 2.45) is 0 Å². The van der Waals surface area contributed by atoms with Gasteiger partial charge in [0.15, 0.2) is 0 Å². The highest BCUT2D eigenvalue weighted by Gasteiger charge is 2.16. The Labute approximate surface area is 161 Å². The number of nitrogens with zero attached hydrogens (tertiary/aromatic N) is 3. The van der Waals surface area contributed by atoms with Gasteiger partial charge in [0.2, 0.25) is 0 Å². The molecule has 0 fully saturated rings. The monoisotopic (exact) mass is 358 g/mol. The smallest absolute Gasteiger partial charge is 0.0722 e. The molecule has 0 spiro atoms. The molecule has 0 saturated carbocycles. The first-order valence-electron chi connectivity index (χ1n) is 9.46. The fraction of sp³-hybridized carbons (Fsp3) is 0.261. The van der Waals surface area contributed by atoms with Crippen LogP contribution >= 0.6 is 0 Å². The summed E-state index contributed by atoms with van der Waals surface area (Å²) in [5, 5.41) is 3.59. The maximum absolute atomic E-state index is 4.70. The van der Waals surface area contributed by atoms with Crippen molar-refractivity contribution in [1.82, 2.24) is 9.88 Å². The molecule has 2 aromatic carbocycles. The predicted molar refractivity (Wildman–Crippen MR) is 113 cm³/mol. The minimum absolute atomic E-state index is 0.917. The molecule has 4 heteroatoms. The molecule has 3 aromatic rings. The number of anilines is 2. The standard InChI is InChI=1S/C23H26N4/c1-26(2)21-10-8-18(9-11-21)16-27-13-12-24-23-14-22(25-15-20(23)17-27)19-6-4-3-5-7-19/h3-11,14-15,24H,12-13,16-17H2,1-2H3. The second kappa shape index (κ2) is 7.80. The Kier molecular flexibility index (Phi) is 5.07. The van der Waals surface area contributed by atoms with E-state index >= 15 is 0 Å². The Morgan fingerprint density at radius 3 is 2.56 bits per heavy atom. The molecule has 0 amide bonds. The van der Waals surface area contributed by atoms with Crippen molar-refractivity contribution in [3.05, 3.63) is 78.0 Å². The first-order valence-corrected chi connectivity index (χ1v) is 9.46. The molecule has 0 bridgehead atoms. The van der Waals surface area contributed by atoms with Crippen LogP contribution < -0.4 is 10.2 Å². The van der Waals surface area contributed by atoms with Crippen molar-refractivity contribution < 1.29 is 0 Å². The molecule has 1 aromatic heterocycles. The average molecular weight is 358 g/mol. The van der Waals surface area contributed by atoms with Crippen molar-refractivity contribution in [2.45, 2.75) is 13.1 Å². The SMILES string of the molecule is CN(C)c1ccc(CN2CCNc3cc(-c4ccccc4)ncc3C2)cc1. The molecule has 0 atom stereocenters. The van der Waals surface area contributed by atoms with Crippen molar-refractivity contribution in [3.8, 4) is 11.3 Å². The molecule has 1 aliphatic rings. The Morgan fingerprint density at radius 2 is 1.81 bits per heavy atom. The van der Waals surface area contributed by atoms with E-state index in [-0.39, 0.29) is 0 Å². The summed E-state index contributed by atoms with van der Waals surface area (Å²) in [7, 11) is 4.15. The van der Waals surface area contributed by atoms with Crippen LogP contribution in [0, 0.1) is 0 Å². The van der Waals surface area contributed by atoms with E-state index < -0.39 is 0 Å². The predicted octanol–water partition coefficient (Wildman–Crippen LogP) is 4.24. The van der Waals surface area contributed by atoms with E-state index in [4.69, 9.17) is 4.98 Å². The average Bonchev–Trinajstić information content (AvgIpc) is 2.90. The third-order valence-corrected chi connectivity index (χ3v) is 5.05. The fourth-order valence-electron chi connectivity index (χ4n) is 3.50. The number of pyridine rings is 1. The Bertz CT molecular complexity index is 888. The highest BCUT2D eigenvalue weighted by molar-refractivity contribution is 5.66. The lowest BCUT2D eigenvalue weighted by Crippen LogP contribution is -2.25. The summed E-state index contributed by atoms with van der Waals surface area (Å²) in [6.07, 6.45) is 2.03. The summed E-state index contributed by atoms with van der Waals surface area (Å²) in [6.45, 7) is 3.83. The molecule has 2 heterocycles. The Balaban J connectivity index is 1.50. The van der Waals surface area contributed by atoms with Crippen LogP contribution in [0.4, 0.5) is 11.4 Å². The molecule has 27 heavy (non-hydrogen) atoms. The molecule has 0 aliphatic carbocycles. The van der Waals surface area contributed by atoms with Gasteiger partial charge in [0.1, 0.15) is 0 Å². The lowest BCUT2D eigenvalue weighted by atomic mass is 10.1. The normalized spacial score (nSPS) is 14.1. The molecule has 138 valence electrons. The maximum atomic E-state index is 4.70. The summed E-state index contributed by atoms with van der Waals surface area (Å²) >= 11 is 0. The summed E-state index contributed by atoms with van der Waals surface area (Å²) in [5.41, 5.74) is 7.22. The molecule has 1 N–H and O–H groups in total. The van der Waals surface area contributed by atoms with Crippen LogP contribution in [0.25, 0.3) is 11.3 Å². The van der Waals surface area contributed by atoms with Crippen LogP contribution in [0.3, 0.4) is 0 Å². The van der Waals surface area contributed by atoms with Gasteiger partial charge in [-0.3, -0.25) is 9.88 Å². The van der Waals surface area contributed by atoms with Gasteiger partial charge in [-0.2, -0.15) is 0 Å². The van der Waals surface area contributed by atoms with E-state index in [1.165, 1.54) is 22.5 Å². The van der Waals surface area contributed by atoms with Gasteiger partial charge in [0, 0.05) is 69.0 Å². The quantitative estimate of drug-likeness (QED) is 0.756. The number of hydrogen-bond donors (Lipinski definition) is 1. The second-order valence-electron chi connectivity index (χ2n) is 7.29. The van der Waals surface area contributed by atoms with Crippen LogP contribution in [-0.2, 0) is 13.1 Å². The van der Waals surface area contributed by atoms with Crippen LogP contribution in [-0.4, -0.2) is 37.1 Å². The summed E-state index contributed by atoms with van der Waals surface area (Å²) < 4.78 is 0. The van der Waals surface area contributed by atoms with Crippen molar-refractivity contribution in [1.29, 1.82) is 0 Å². The minimum Gasteiger partial charge on any atom is -0.383 e. The van der Waals surface area contributed by atoms with Crippen LogP contribution in [0.1, 0.15) is 11.1 Å². The minimum atomic E-state index is 0.917. The zero-order chi connectivity index (χ0) is 18.6. The zero-order valence-corrected chi connectivity index (χ0v) is 16.0. The van der Waals surface area contributed by atoms with E-state index in [0.29, 0.717) is 0 Å². The molecular weight excluding hydrogens is 332 g/mol. The molecule has 4 rings (SSSR count). The van der Waals surface area contributed by atoms with Crippen molar-refractivity contribution in [3.63, 3.8) is 0 Å². The molecular formula is C23H26N4. The van der Waals surface area contributed by atoms with E-state index in [1.54, 1.807) is 0 Å². The lowest BCUT2D eigenvalue weighted by Gasteiger charge is -2.20. The largest absolute Gasteiger partial charge is 0.383 e. The molecule has 4 nitrogen and oxygen atoms in total. The molecule has 1 aliphatic heterocycles. The first kappa shape index (κ1) is 17.6. The fourth-order valence-corrected chi connectivity index (χ4v) is 3.50. The lowest BCUT2D eigenvalue weighted by molar-refractivity contribution is 0.271. The highest BCUT2D eigenvalue weighted by Crippen LogP contribution is 2.26. The number of rotatable bonds is 4. The zero-order valence-electron chi connectivity index (χ0n) is 16.0. The van der Waals surface area contributed by atoms with Gasteiger partial charge >= 0.3 is 0 Å². The van der Waals surface area contributed by atoms with Gasteiger partial charge in [-0.15, -0.1) is 0 Å². The first-order chi connectivity index (χ1) is 13.2. The van der Waals surface area contributed by atoms with Gasteiger partial charge in [-0.1, -0.05) is 42.5 Å². The second-order valence-corrected chi connectivity index (χ2v) is 7.29. The number of benzene rings is 2. The maximum Gasteiger partial charge on any atom is 0.0722 e. The summed E-state index contributed by atoms with van der Waals surface area (Å²) in [4.78, 5) is 9.31. The number of aromatic nitrogens is 1. The van der Waals surface area contributed by atoms with Crippen LogP contribution in [0.2, 0.25) is 0 Å². The third kappa shape index (κ3) is 4.12. The van der Waals surface area contributed by atoms with Gasteiger partial charge in [-0.25, -0.2) is 0 Å². The highest BCUT2D eigenvalue weighted by atomic mass is 15.2. The van der Waals surface area contributed by atoms with E-state index in [2.05, 4.69) is 83.8 Å². The molecule has 0 saturated heterocycles. The van der Waals surface area contributed by atoms with Crippen molar-refractivity contribution >= 4 is 11.4 Å². The van der Waals surface area contributed by atoms with Gasteiger partial charge < -0.3 is 10.2 Å².